The van der Waals surface area contributed by atoms with Crippen molar-refractivity contribution in [3.05, 3.63) is 47.4 Å². The van der Waals surface area contributed by atoms with Gasteiger partial charge in [-0.05, 0) is 87.4 Å². The Bertz CT molecular complexity index is 1380. The lowest BCUT2D eigenvalue weighted by atomic mass is 9.57. The normalized spacial score (nSPS) is 48.2. The zero-order valence-corrected chi connectivity index (χ0v) is 21.6. The highest BCUT2D eigenvalue weighted by Crippen LogP contribution is 2.81. The van der Waals surface area contributed by atoms with E-state index in [0.717, 1.165) is 49.6 Å². The highest BCUT2D eigenvalue weighted by molar-refractivity contribution is 5.82. The van der Waals surface area contributed by atoms with Crippen molar-refractivity contribution in [2.45, 2.75) is 81.8 Å². The van der Waals surface area contributed by atoms with Gasteiger partial charge in [0, 0.05) is 29.7 Å². The van der Waals surface area contributed by atoms with Crippen LogP contribution in [-0.4, -0.2) is 63.6 Å². The van der Waals surface area contributed by atoms with Crippen LogP contribution in [0.15, 0.2) is 40.3 Å². The largest absolute Gasteiger partial charge is 0.441 e. The molecule has 3 heterocycles. The zero-order chi connectivity index (χ0) is 24.8. The summed E-state index contributed by atoms with van der Waals surface area (Å²) in [6, 6.07) is 6.36. The number of nitrogens with zero attached hydrogens (tertiary/aromatic N) is 2. The molecule has 0 amide bonds. The van der Waals surface area contributed by atoms with Crippen molar-refractivity contribution < 1.29 is 19.4 Å². The van der Waals surface area contributed by atoms with Crippen molar-refractivity contribution >= 4 is 16.7 Å². The van der Waals surface area contributed by atoms with Crippen LogP contribution in [0.25, 0.3) is 16.7 Å². The van der Waals surface area contributed by atoms with Gasteiger partial charge in [-0.3, -0.25) is 0 Å². The number of allylic oxidation sites excluding steroid dienone is 3. The zero-order valence-electron chi connectivity index (χ0n) is 21.6. The van der Waals surface area contributed by atoms with Crippen LogP contribution in [0.3, 0.4) is 0 Å². The van der Waals surface area contributed by atoms with Gasteiger partial charge in [-0.2, -0.15) is 0 Å². The van der Waals surface area contributed by atoms with E-state index in [-0.39, 0.29) is 28.1 Å². The third-order valence-electron chi connectivity index (χ3n) is 11.5. The molecule has 0 radical (unpaired) electrons. The lowest BCUT2D eigenvalue weighted by Crippen LogP contribution is -2.67. The Balaban J connectivity index is 1.21. The molecule has 36 heavy (non-hydrogen) atoms. The molecular weight excluding hydrogens is 452 g/mol. The summed E-state index contributed by atoms with van der Waals surface area (Å²) >= 11 is 0. The van der Waals surface area contributed by atoms with Crippen LogP contribution < -0.4 is 0 Å². The van der Waals surface area contributed by atoms with E-state index in [4.69, 9.17) is 9.15 Å². The number of benzene rings is 1. The van der Waals surface area contributed by atoms with Gasteiger partial charge in [0.15, 0.2) is 11.5 Å². The van der Waals surface area contributed by atoms with Crippen LogP contribution >= 0.6 is 0 Å². The summed E-state index contributed by atoms with van der Waals surface area (Å²) in [5.41, 5.74) is 4.88. The molecule has 6 heteroatoms. The van der Waals surface area contributed by atoms with Crippen LogP contribution in [0.2, 0.25) is 0 Å². The van der Waals surface area contributed by atoms with E-state index in [1.165, 1.54) is 16.7 Å². The maximum Gasteiger partial charge on any atom is 0.192 e. The predicted octanol–water partition coefficient (Wildman–Crippen LogP) is 4.24. The number of rotatable bonds is 2. The number of ether oxygens (including phenoxy) is 1. The van der Waals surface area contributed by atoms with E-state index < -0.39 is 12.2 Å². The summed E-state index contributed by atoms with van der Waals surface area (Å²) in [5.74, 6) is 1.42. The standard InChI is InChI=1S/C30H36N2O4/c1-16-31-21-7-5-17(13-23(21)35-16)18-6-8-24-27(18,2)10-9-19-20-14-29(20)26(34)25(33)22(32(3)4)15-28(29)11-12-30(19,24)36-28/h5-7,9,13,20,22,24-26,33-34H,8,10-12,14-15H2,1-4H3. The van der Waals surface area contributed by atoms with Crippen LogP contribution in [-0.2, 0) is 4.74 Å². The van der Waals surface area contributed by atoms with Crippen molar-refractivity contribution in [1.29, 1.82) is 0 Å². The fourth-order valence-corrected chi connectivity index (χ4v) is 9.84. The maximum atomic E-state index is 11.5. The highest BCUT2D eigenvalue weighted by atomic mass is 16.5. The molecule has 6 aliphatic rings. The van der Waals surface area contributed by atoms with Crippen LogP contribution in [0.5, 0.6) is 0 Å². The summed E-state index contributed by atoms with van der Waals surface area (Å²) < 4.78 is 13.3. The fraction of sp³-hybridized carbons (Fsp3) is 0.633. The topological polar surface area (TPSA) is 79.0 Å². The number of aryl methyl sites for hydroxylation is 1. The van der Waals surface area contributed by atoms with Gasteiger partial charge in [0.1, 0.15) is 5.52 Å². The van der Waals surface area contributed by atoms with Gasteiger partial charge >= 0.3 is 0 Å². The second kappa shape index (κ2) is 6.52. The van der Waals surface area contributed by atoms with Crippen LogP contribution in [0.1, 0.15) is 56.9 Å². The average molecular weight is 489 g/mol. The molecule has 2 bridgehead atoms. The number of likely N-dealkylation sites (N-methyl/N-ethyl adjacent to an activating group) is 1. The minimum Gasteiger partial charge on any atom is -0.441 e. The van der Waals surface area contributed by atoms with Crippen LogP contribution in [0.4, 0.5) is 0 Å². The van der Waals surface area contributed by atoms with Gasteiger partial charge in [-0.15, -0.1) is 0 Å². The van der Waals surface area contributed by atoms with Crippen LogP contribution in [0, 0.1) is 29.6 Å². The molecular formula is C30H36N2O4. The summed E-state index contributed by atoms with van der Waals surface area (Å²) in [6.07, 6.45) is 9.19. The number of fused-ring (bicyclic) bond motifs is 3. The third kappa shape index (κ3) is 2.29. The van der Waals surface area contributed by atoms with E-state index in [1.54, 1.807) is 0 Å². The van der Waals surface area contributed by atoms with E-state index >= 15 is 0 Å². The SMILES string of the molecule is Cc1nc2ccc(C3=CCC4C3(C)CC=C3C5CC56C(O)C(O)C(N(C)C)CC65CCC34O5)cc2o1. The molecule has 2 aliphatic heterocycles. The van der Waals surface area contributed by atoms with Crippen molar-refractivity contribution in [2.24, 2.45) is 22.7 Å². The molecule has 9 atom stereocenters. The Hall–Kier alpha value is -1.99. The molecule has 190 valence electrons. The Kier molecular flexibility index (Phi) is 3.99. The number of oxazole rings is 1. The smallest absolute Gasteiger partial charge is 0.192 e. The van der Waals surface area contributed by atoms with Gasteiger partial charge in [0.05, 0.1) is 23.4 Å². The first-order valence-corrected chi connectivity index (χ1v) is 13.7. The molecule has 2 aromatic rings. The number of hydrogen-bond donors (Lipinski definition) is 2. The number of aliphatic hydroxyl groups is 2. The molecule has 4 aliphatic carbocycles. The first-order valence-electron chi connectivity index (χ1n) is 13.7. The second-order valence-corrected chi connectivity index (χ2v) is 13.1. The Morgan fingerprint density at radius 2 is 1.94 bits per heavy atom. The molecule has 8 rings (SSSR count). The minimum atomic E-state index is -0.733. The maximum absolute atomic E-state index is 11.5. The number of aliphatic hydroxyl groups excluding tert-OH is 2. The Morgan fingerprint density at radius 1 is 1.11 bits per heavy atom. The summed E-state index contributed by atoms with van der Waals surface area (Å²) in [4.78, 5) is 6.56. The van der Waals surface area contributed by atoms with Crippen molar-refractivity contribution in [2.75, 3.05) is 14.1 Å². The van der Waals surface area contributed by atoms with Crippen molar-refractivity contribution in [3.8, 4) is 0 Å². The quantitative estimate of drug-likeness (QED) is 0.616. The fourth-order valence-electron chi connectivity index (χ4n) is 9.84. The van der Waals surface area contributed by atoms with Gasteiger partial charge < -0.3 is 24.3 Å². The minimum absolute atomic E-state index is 0.0135. The molecule has 2 N–H and O–H groups in total. The van der Waals surface area contributed by atoms with Gasteiger partial charge in [-0.1, -0.05) is 25.1 Å². The average Bonchev–Trinajstić information content (AvgIpc) is 3.13. The van der Waals surface area contributed by atoms with E-state index in [2.05, 4.69) is 47.2 Å². The number of aromatic nitrogens is 1. The molecule has 1 aromatic heterocycles. The third-order valence-corrected chi connectivity index (χ3v) is 11.5. The second-order valence-electron chi connectivity index (χ2n) is 13.1. The van der Waals surface area contributed by atoms with Crippen molar-refractivity contribution in [3.63, 3.8) is 0 Å². The molecule has 6 nitrogen and oxygen atoms in total. The predicted molar refractivity (Wildman–Crippen MR) is 136 cm³/mol. The summed E-state index contributed by atoms with van der Waals surface area (Å²) in [5, 5.41) is 22.6. The molecule has 9 unspecified atom stereocenters. The lowest BCUT2D eigenvalue weighted by molar-refractivity contribution is -0.248. The summed E-state index contributed by atoms with van der Waals surface area (Å²) in [6.45, 7) is 4.33. The molecule has 1 aromatic carbocycles. The van der Waals surface area contributed by atoms with Crippen molar-refractivity contribution in [1.82, 2.24) is 9.88 Å². The molecule has 2 saturated carbocycles. The molecule has 4 fully saturated rings. The highest BCUT2D eigenvalue weighted by Gasteiger charge is 2.84. The Labute approximate surface area is 212 Å². The first-order chi connectivity index (χ1) is 17.2. The van der Waals surface area contributed by atoms with Gasteiger partial charge in [-0.25, -0.2) is 4.98 Å². The lowest BCUT2D eigenvalue weighted by Gasteiger charge is -2.59. The van der Waals surface area contributed by atoms with Gasteiger partial charge in [0.2, 0.25) is 0 Å². The summed E-state index contributed by atoms with van der Waals surface area (Å²) in [7, 11) is 4.02. The number of hydrogen-bond acceptors (Lipinski definition) is 6. The Morgan fingerprint density at radius 3 is 2.75 bits per heavy atom. The van der Waals surface area contributed by atoms with E-state index in [1.807, 2.05) is 21.0 Å². The molecule has 2 saturated heterocycles. The van der Waals surface area contributed by atoms with E-state index in [0.29, 0.717) is 17.7 Å². The van der Waals surface area contributed by atoms with E-state index in [9.17, 15) is 10.2 Å². The molecule has 3 spiro atoms. The first kappa shape index (κ1) is 22.0. The van der Waals surface area contributed by atoms with Gasteiger partial charge in [0.25, 0.3) is 0 Å². The monoisotopic (exact) mass is 488 g/mol.